The van der Waals surface area contributed by atoms with Crippen LogP contribution >= 0.6 is 0 Å². The number of hydrogen-bond acceptors (Lipinski definition) is 3. The second kappa shape index (κ2) is 5.76. The van der Waals surface area contributed by atoms with E-state index >= 15 is 0 Å². The van der Waals surface area contributed by atoms with Gasteiger partial charge < -0.3 is 19.1 Å². The van der Waals surface area contributed by atoms with Gasteiger partial charge in [-0.2, -0.15) is 0 Å². The molecule has 2 saturated heterocycles. The molecule has 0 bridgehead atoms. The molecule has 2 aliphatic rings. The van der Waals surface area contributed by atoms with Crippen molar-refractivity contribution in [3.05, 3.63) is 24.0 Å². The van der Waals surface area contributed by atoms with Crippen LogP contribution in [0.5, 0.6) is 0 Å². The number of likely N-dealkylation sites (N-methyl/N-ethyl adjacent to an activating group) is 1. The van der Waals surface area contributed by atoms with Crippen molar-refractivity contribution in [3.63, 3.8) is 0 Å². The van der Waals surface area contributed by atoms with E-state index in [1.165, 1.54) is 0 Å². The van der Waals surface area contributed by atoms with Crippen molar-refractivity contribution in [3.8, 4) is 0 Å². The standard InChI is InChI=1S/C16H23N3O3/c1-3-19-14(20)11-18(12-16(19)6-9-22-10-7-16)15(21)13-5-4-8-17(13)2/h4-5,8H,3,6-7,9-12H2,1-2H3. The first-order valence-electron chi connectivity index (χ1n) is 7.86. The minimum atomic E-state index is -0.261. The topological polar surface area (TPSA) is 54.8 Å². The number of rotatable bonds is 2. The largest absolute Gasteiger partial charge is 0.381 e. The zero-order chi connectivity index (χ0) is 15.7. The van der Waals surface area contributed by atoms with Gasteiger partial charge in [-0.15, -0.1) is 0 Å². The first-order valence-corrected chi connectivity index (χ1v) is 7.86. The zero-order valence-electron chi connectivity index (χ0n) is 13.2. The summed E-state index contributed by atoms with van der Waals surface area (Å²) in [5.74, 6) is -0.0271. The highest BCUT2D eigenvalue weighted by atomic mass is 16.5. The van der Waals surface area contributed by atoms with Crippen molar-refractivity contribution >= 4 is 11.8 Å². The van der Waals surface area contributed by atoms with Crippen LogP contribution < -0.4 is 0 Å². The number of ether oxygens (including phenoxy) is 1. The van der Waals surface area contributed by atoms with Crippen LogP contribution in [0.2, 0.25) is 0 Å². The summed E-state index contributed by atoms with van der Waals surface area (Å²) < 4.78 is 7.27. The van der Waals surface area contributed by atoms with Crippen molar-refractivity contribution in [1.82, 2.24) is 14.4 Å². The molecule has 0 atom stereocenters. The van der Waals surface area contributed by atoms with Crippen molar-refractivity contribution in [1.29, 1.82) is 0 Å². The molecule has 6 heteroatoms. The molecule has 3 heterocycles. The molecule has 6 nitrogen and oxygen atoms in total. The maximum Gasteiger partial charge on any atom is 0.271 e. The van der Waals surface area contributed by atoms with Crippen LogP contribution in [0.25, 0.3) is 0 Å². The number of hydrogen-bond donors (Lipinski definition) is 0. The van der Waals surface area contributed by atoms with Gasteiger partial charge in [0.05, 0.1) is 5.54 Å². The van der Waals surface area contributed by atoms with Crippen LogP contribution in [-0.4, -0.2) is 64.6 Å². The van der Waals surface area contributed by atoms with E-state index in [9.17, 15) is 9.59 Å². The van der Waals surface area contributed by atoms with E-state index in [2.05, 4.69) is 0 Å². The molecule has 22 heavy (non-hydrogen) atoms. The van der Waals surface area contributed by atoms with Gasteiger partial charge in [0.15, 0.2) is 0 Å². The fourth-order valence-electron chi connectivity index (χ4n) is 3.69. The Morgan fingerprint density at radius 3 is 2.68 bits per heavy atom. The molecule has 1 aromatic heterocycles. The highest BCUT2D eigenvalue weighted by Crippen LogP contribution is 2.32. The number of piperazine rings is 1. The van der Waals surface area contributed by atoms with E-state index in [0.29, 0.717) is 32.0 Å². The van der Waals surface area contributed by atoms with Gasteiger partial charge in [-0.1, -0.05) is 0 Å². The molecular formula is C16H23N3O3. The summed E-state index contributed by atoms with van der Waals surface area (Å²) in [5.41, 5.74) is 0.364. The molecule has 1 spiro atoms. The Morgan fingerprint density at radius 1 is 1.36 bits per heavy atom. The molecule has 0 saturated carbocycles. The third-order valence-corrected chi connectivity index (χ3v) is 4.87. The second-order valence-electron chi connectivity index (χ2n) is 6.14. The lowest BCUT2D eigenvalue weighted by Gasteiger charge is -2.52. The average Bonchev–Trinajstić information content (AvgIpc) is 2.93. The molecule has 3 rings (SSSR count). The van der Waals surface area contributed by atoms with Crippen molar-refractivity contribution < 1.29 is 14.3 Å². The maximum absolute atomic E-state index is 12.8. The number of nitrogens with zero attached hydrogens (tertiary/aromatic N) is 3. The van der Waals surface area contributed by atoms with E-state index in [1.807, 2.05) is 31.1 Å². The second-order valence-corrected chi connectivity index (χ2v) is 6.14. The summed E-state index contributed by atoms with van der Waals surface area (Å²) in [6, 6.07) is 3.65. The molecule has 0 radical (unpaired) electrons. The van der Waals surface area contributed by atoms with Gasteiger partial charge in [0, 0.05) is 39.5 Å². The van der Waals surface area contributed by atoms with Crippen LogP contribution in [0.3, 0.4) is 0 Å². The Hall–Kier alpha value is -1.82. The van der Waals surface area contributed by atoms with Gasteiger partial charge in [0.25, 0.3) is 5.91 Å². The minimum Gasteiger partial charge on any atom is -0.381 e. The Morgan fingerprint density at radius 2 is 2.09 bits per heavy atom. The molecule has 0 aromatic carbocycles. The number of amides is 2. The van der Waals surface area contributed by atoms with E-state index in [0.717, 1.165) is 12.8 Å². The molecule has 2 fully saturated rings. The predicted molar refractivity (Wildman–Crippen MR) is 81.5 cm³/mol. The first-order chi connectivity index (χ1) is 10.6. The Labute approximate surface area is 130 Å². The first kappa shape index (κ1) is 15.1. The number of carbonyl (C=O) groups excluding carboxylic acids is 2. The highest BCUT2D eigenvalue weighted by Gasteiger charge is 2.46. The third-order valence-electron chi connectivity index (χ3n) is 4.87. The van der Waals surface area contributed by atoms with Gasteiger partial charge in [0.1, 0.15) is 12.2 Å². The molecule has 0 aliphatic carbocycles. The smallest absolute Gasteiger partial charge is 0.271 e. The molecule has 2 aliphatic heterocycles. The molecular weight excluding hydrogens is 282 g/mol. The van der Waals surface area contributed by atoms with Gasteiger partial charge in [0.2, 0.25) is 5.91 Å². The monoisotopic (exact) mass is 305 g/mol. The van der Waals surface area contributed by atoms with Gasteiger partial charge >= 0.3 is 0 Å². The fraction of sp³-hybridized carbons (Fsp3) is 0.625. The summed E-state index contributed by atoms with van der Waals surface area (Å²) >= 11 is 0. The number of carbonyl (C=O) groups is 2. The predicted octanol–water partition coefficient (Wildman–Crippen LogP) is 0.879. The summed E-state index contributed by atoms with van der Waals surface area (Å²) in [6.45, 7) is 4.75. The summed E-state index contributed by atoms with van der Waals surface area (Å²) in [6.07, 6.45) is 3.44. The van der Waals surface area contributed by atoms with E-state index in [4.69, 9.17) is 4.74 Å². The highest BCUT2D eigenvalue weighted by molar-refractivity contribution is 5.96. The Balaban J connectivity index is 1.87. The summed E-state index contributed by atoms with van der Waals surface area (Å²) in [4.78, 5) is 29.0. The lowest BCUT2D eigenvalue weighted by atomic mass is 9.85. The van der Waals surface area contributed by atoms with Crippen molar-refractivity contribution in [2.45, 2.75) is 25.3 Å². The van der Waals surface area contributed by atoms with E-state index < -0.39 is 0 Å². The number of aryl methyl sites for hydroxylation is 1. The van der Waals surface area contributed by atoms with Crippen LogP contribution in [0.15, 0.2) is 18.3 Å². The average molecular weight is 305 g/mol. The quantitative estimate of drug-likeness (QED) is 0.815. The lowest BCUT2D eigenvalue weighted by Crippen LogP contribution is -2.67. The molecule has 0 N–H and O–H groups in total. The summed E-state index contributed by atoms with van der Waals surface area (Å²) in [5, 5.41) is 0. The van der Waals surface area contributed by atoms with E-state index in [1.54, 1.807) is 15.5 Å². The molecule has 0 unspecified atom stereocenters. The van der Waals surface area contributed by atoms with Gasteiger partial charge in [-0.3, -0.25) is 9.59 Å². The third kappa shape index (κ3) is 2.41. The Kier molecular flexibility index (Phi) is 3.95. The van der Waals surface area contributed by atoms with Crippen LogP contribution in [0, 0.1) is 0 Å². The molecule has 1 aromatic rings. The van der Waals surface area contributed by atoms with Crippen molar-refractivity contribution in [2.75, 3.05) is 32.8 Å². The van der Waals surface area contributed by atoms with Crippen LogP contribution in [0.4, 0.5) is 0 Å². The molecule has 2 amide bonds. The normalized spacial score (nSPS) is 21.5. The maximum atomic E-state index is 12.8. The minimum absolute atomic E-state index is 0.0400. The SMILES string of the molecule is CCN1C(=O)CN(C(=O)c2cccn2C)CC12CCOCC2. The van der Waals surface area contributed by atoms with Crippen molar-refractivity contribution in [2.24, 2.45) is 7.05 Å². The van der Waals surface area contributed by atoms with Crippen LogP contribution in [-0.2, 0) is 16.6 Å². The Bertz CT molecular complexity index is 575. The van der Waals surface area contributed by atoms with Crippen LogP contribution in [0.1, 0.15) is 30.3 Å². The summed E-state index contributed by atoms with van der Waals surface area (Å²) in [7, 11) is 1.85. The van der Waals surface area contributed by atoms with Gasteiger partial charge in [-0.05, 0) is 31.9 Å². The number of aromatic nitrogens is 1. The lowest BCUT2D eigenvalue weighted by molar-refractivity contribution is -0.150. The molecule has 120 valence electrons. The fourth-order valence-corrected chi connectivity index (χ4v) is 3.69. The van der Waals surface area contributed by atoms with E-state index in [-0.39, 0.29) is 23.9 Å². The zero-order valence-corrected chi connectivity index (χ0v) is 13.2. The van der Waals surface area contributed by atoms with Gasteiger partial charge in [-0.25, -0.2) is 0 Å².